The van der Waals surface area contributed by atoms with Crippen molar-refractivity contribution in [3.63, 3.8) is 0 Å². The van der Waals surface area contributed by atoms with Gasteiger partial charge in [-0.3, -0.25) is 14.5 Å². The Bertz CT molecular complexity index is 1310. The molecule has 1 aliphatic rings. The van der Waals surface area contributed by atoms with Crippen LogP contribution < -0.4 is 9.47 Å². The van der Waals surface area contributed by atoms with Crippen LogP contribution in [0.4, 0.5) is 0 Å². The number of ether oxygens (including phenoxy) is 4. The summed E-state index contributed by atoms with van der Waals surface area (Å²) in [7, 11) is -0.745. The van der Waals surface area contributed by atoms with Gasteiger partial charge in [-0.25, -0.2) is 8.42 Å². The van der Waals surface area contributed by atoms with E-state index in [-0.39, 0.29) is 18.0 Å². The first-order valence-electron chi connectivity index (χ1n) is 12.6. The lowest BCUT2D eigenvalue weighted by molar-refractivity contribution is 0.00382. The smallest absolute Gasteiger partial charge is 0.167 e. The highest BCUT2D eigenvalue weighted by Gasteiger charge is 2.36. The Labute approximate surface area is 223 Å². The Kier molecular flexibility index (Phi) is 8.64. The van der Waals surface area contributed by atoms with Gasteiger partial charge >= 0.3 is 0 Å². The molecule has 206 valence electrons. The van der Waals surface area contributed by atoms with Crippen molar-refractivity contribution < 1.29 is 27.4 Å². The number of aromatic nitrogens is 5. The number of rotatable bonds is 11. The molecule has 38 heavy (non-hydrogen) atoms. The number of para-hydroxylation sites is 1. The van der Waals surface area contributed by atoms with Gasteiger partial charge < -0.3 is 18.9 Å². The van der Waals surface area contributed by atoms with Crippen LogP contribution in [0.25, 0.3) is 5.69 Å². The molecule has 0 radical (unpaired) electrons. The van der Waals surface area contributed by atoms with Crippen molar-refractivity contribution in [2.24, 2.45) is 0 Å². The summed E-state index contributed by atoms with van der Waals surface area (Å²) >= 11 is 0. The predicted octanol–water partition coefficient (Wildman–Crippen LogP) is 3.70. The second kappa shape index (κ2) is 11.7. The Morgan fingerprint density at radius 3 is 2.34 bits per heavy atom. The fourth-order valence-electron chi connectivity index (χ4n) is 4.47. The summed E-state index contributed by atoms with van der Waals surface area (Å²) < 4.78 is 52.7. The maximum atomic E-state index is 13.9. The van der Waals surface area contributed by atoms with Crippen LogP contribution in [-0.2, 0) is 25.1 Å². The Hall–Kier alpha value is -3.09. The molecule has 0 amide bonds. The molecule has 2 aromatic heterocycles. The summed E-state index contributed by atoms with van der Waals surface area (Å²) in [6.07, 6.45) is 3.41. The van der Waals surface area contributed by atoms with Crippen LogP contribution in [0.2, 0.25) is 0 Å². The Morgan fingerprint density at radius 2 is 1.79 bits per heavy atom. The van der Waals surface area contributed by atoms with Crippen molar-refractivity contribution >= 4 is 9.84 Å². The summed E-state index contributed by atoms with van der Waals surface area (Å²) in [5, 5.41) is 7.78. The average molecular weight is 546 g/mol. The first-order chi connectivity index (χ1) is 18.2. The number of methoxy groups -OCH3 is 2. The highest BCUT2D eigenvalue weighted by atomic mass is 32.2. The Balaban J connectivity index is 1.78. The number of sulfone groups is 1. The first-order valence-corrected chi connectivity index (χ1v) is 14.3. The van der Waals surface area contributed by atoms with Crippen molar-refractivity contribution in [1.82, 2.24) is 24.7 Å². The van der Waals surface area contributed by atoms with Crippen LogP contribution in [0.3, 0.4) is 0 Å². The molecule has 1 saturated heterocycles. The quantitative estimate of drug-likeness (QED) is 0.352. The van der Waals surface area contributed by atoms with E-state index < -0.39 is 26.9 Å². The fourth-order valence-corrected chi connectivity index (χ4v) is 5.86. The molecule has 3 heterocycles. The molecule has 0 spiro atoms. The number of hydrogen-bond donors (Lipinski definition) is 0. The van der Waals surface area contributed by atoms with Gasteiger partial charge in [-0.2, -0.15) is 0 Å². The van der Waals surface area contributed by atoms with Gasteiger partial charge in [-0.15, -0.1) is 10.2 Å². The van der Waals surface area contributed by atoms with E-state index in [1.54, 1.807) is 56.3 Å². The average Bonchev–Trinajstić information content (AvgIpc) is 3.56. The molecule has 1 aromatic carbocycles. The van der Waals surface area contributed by atoms with E-state index in [0.29, 0.717) is 35.3 Å². The SMILES string of the molecule is COc1cccc(OC)c1-n1c(CS(=O)(=O)[C@H](C)[C@H](OC(C)C)c2cnc(C)cn2)nnc1[C@@H]1CCCO1. The molecule has 3 aromatic rings. The number of hydrogen-bond acceptors (Lipinski definition) is 10. The predicted molar refractivity (Wildman–Crippen MR) is 140 cm³/mol. The zero-order valence-electron chi connectivity index (χ0n) is 22.6. The summed E-state index contributed by atoms with van der Waals surface area (Å²) in [5.41, 5.74) is 1.70. The van der Waals surface area contributed by atoms with Crippen molar-refractivity contribution in [2.45, 2.75) is 69.9 Å². The van der Waals surface area contributed by atoms with Crippen molar-refractivity contribution in [1.29, 1.82) is 0 Å². The van der Waals surface area contributed by atoms with Gasteiger partial charge in [0.2, 0.25) is 0 Å². The standard InChI is InChI=1S/C26H35N5O6S/c1-16(2)37-25(19-14-27-17(3)13-28-19)18(4)38(32,33)15-23-29-30-26(22-11-8-12-36-22)31(23)24-20(34-5)9-7-10-21(24)35-6/h7,9-10,13-14,16,18,22,25H,8,11-12,15H2,1-6H3/t18-,22+,25+/m1/s1. The Morgan fingerprint density at radius 1 is 1.08 bits per heavy atom. The van der Waals surface area contributed by atoms with E-state index >= 15 is 0 Å². The third-order valence-electron chi connectivity index (χ3n) is 6.43. The lowest BCUT2D eigenvalue weighted by atomic mass is 10.2. The largest absolute Gasteiger partial charge is 0.494 e. The summed E-state index contributed by atoms with van der Waals surface area (Å²) in [6.45, 7) is 7.74. The highest BCUT2D eigenvalue weighted by Crippen LogP contribution is 2.38. The fraction of sp³-hybridized carbons (Fsp3) is 0.538. The van der Waals surface area contributed by atoms with Crippen molar-refractivity contribution in [3.8, 4) is 17.2 Å². The number of benzene rings is 1. The van der Waals surface area contributed by atoms with E-state index in [4.69, 9.17) is 18.9 Å². The lowest BCUT2D eigenvalue weighted by Crippen LogP contribution is -2.31. The van der Waals surface area contributed by atoms with Crippen molar-refractivity contribution in [3.05, 3.63) is 53.6 Å². The maximum absolute atomic E-state index is 13.9. The van der Waals surface area contributed by atoms with E-state index in [1.807, 2.05) is 20.8 Å². The minimum absolute atomic E-state index is 0.225. The van der Waals surface area contributed by atoms with Gasteiger partial charge in [0.25, 0.3) is 0 Å². The van der Waals surface area contributed by atoms with Gasteiger partial charge in [-0.1, -0.05) is 6.07 Å². The molecular formula is C26H35N5O6S. The highest BCUT2D eigenvalue weighted by molar-refractivity contribution is 7.91. The van der Waals surface area contributed by atoms with Crippen molar-refractivity contribution in [2.75, 3.05) is 20.8 Å². The molecule has 1 fully saturated rings. The molecule has 1 aliphatic heterocycles. The molecule has 0 bridgehead atoms. The van der Waals surface area contributed by atoms with Crippen LogP contribution in [0, 0.1) is 6.92 Å². The topological polar surface area (TPSA) is 128 Å². The lowest BCUT2D eigenvalue weighted by Gasteiger charge is -2.26. The van der Waals surface area contributed by atoms with Gasteiger partial charge in [0.15, 0.2) is 21.5 Å². The molecule has 11 nitrogen and oxygen atoms in total. The summed E-state index contributed by atoms with van der Waals surface area (Å²) in [6, 6.07) is 5.35. The van der Waals surface area contributed by atoms with Crippen LogP contribution in [0.5, 0.6) is 11.5 Å². The minimum Gasteiger partial charge on any atom is -0.494 e. The van der Waals surface area contributed by atoms with Crippen LogP contribution in [-0.4, -0.2) is 65.3 Å². The molecule has 0 saturated carbocycles. The van der Waals surface area contributed by atoms with E-state index in [0.717, 1.165) is 18.5 Å². The summed E-state index contributed by atoms with van der Waals surface area (Å²) in [5.74, 6) is 1.31. The third kappa shape index (κ3) is 5.82. The molecule has 0 N–H and O–H groups in total. The molecule has 0 unspecified atom stereocenters. The van der Waals surface area contributed by atoms with Crippen LogP contribution in [0.15, 0.2) is 30.6 Å². The van der Waals surface area contributed by atoms with Gasteiger partial charge in [0, 0.05) is 12.8 Å². The second-order valence-corrected chi connectivity index (χ2v) is 11.9. The van der Waals surface area contributed by atoms with E-state index in [1.165, 1.54) is 0 Å². The normalized spacial score (nSPS) is 17.5. The van der Waals surface area contributed by atoms with Gasteiger partial charge in [0.05, 0.1) is 43.2 Å². The zero-order valence-corrected chi connectivity index (χ0v) is 23.4. The molecule has 12 heteroatoms. The molecule has 3 atom stereocenters. The third-order valence-corrected chi connectivity index (χ3v) is 8.47. The molecular weight excluding hydrogens is 510 g/mol. The van der Waals surface area contributed by atoms with E-state index in [2.05, 4.69) is 20.2 Å². The number of aryl methyl sites for hydroxylation is 1. The molecule has 4 rings (SSSR count). The van der Waals surface area contributed by atoms with Gasteiger partial charge in [0.1, 0.15) is 35.1 Å². The van der Waals surface area contributed by atoms with E-state index in [9.17, 15) is 8.42 Å². The number of nitrogens with zero attached hydrogens (tertiary/aromatic N) is 5. The molecule has 0 aliphatic carbocycles. The van der Waals surface area contributed by atoms with Gasteiger partial charge in [-0.05, 0) is 52.7 Å². The second-order valence-electron chi connectivity index (χ2n) is 9.52. The van der Waals surface area contributed by atoms with Crippen LogP contribution >= 0.6 is 0 Å². The van der Waals surface area contributed by atoms with Crippen LogP contribution in [0.1, 0.15) is 68.9 Å². The monoisotopic (exact) mass is 545 g/mol. The maximum Gasteiger partial charge on any atom is 0.167 e. The summed E-state index contributed by atoms with van der Waals surface area (Å²) in [4.78, 5) is 8.70. The minimum atomic E-state index is -3.83. The first kappa shape index (κ1) is 27.9. The zero-order chi connectivity index (χ0) is 27.4.